The van der Waals surface area contributed by atoms with E-state index in [1.54, 1.807) is 35.1 Å². The summed E-state index contributed by atoms with van der Waals surface area (Å²) in [5, 5.41) is 12.4. The zero-order valence-electron chi connectivity index (χ0n) is 26.7. The van der Waals surface area contributed by atoms with Crippen molar-refractivity contribution in [3.05, 3.63) is 102 Å². The third-order valence-electron chi connectivity index (χ3n) is 6.70. The summed E-state index contributed by atoms with van der Waals surface area (Å²) < 4.78 is 7.89. The number of benzene rings is 3. The molecule has 0 radical (unpaired) electrons. The van der Waals surface area contributed by atoms with Crippen molar-refractivity contribution in [3.8, 4) is 17.2 Å². The number of fused-ring (bicyclic) bond motifs is 1. The van der Waals surface area contributed by atoms with Gasteiger partial charge in [0.1, 0.15) is 17.3 Å². The molecule has 0 aliphatic carbocycles. The average molecular weight is 634 g/mol. The quantitative estimate of drug-likeness (QED) is 0.138. The first-order chi connectivity index (χ1) is 22.3. The summed E-state index contributed by atoms with van der Waals surface area (Å²) in [4.78, 5) is 50.1. The number of nitrogens with one attached hydrogen (secondary N) is 2. The van der Waals surface area contributed by atoms with E-state index >= 15 is 0 Å². The Labute approximate surface area is 271 Å². The van der Waals surface area contributed by atoms with Gasteiger partial charge in [0.25, 0.3) is 5.91 Å². The highest BCUT2D eigenvalue weighted by molar-refractivity contribution is 6.07. The number of nitrogens with zero attached hydrogens (tertiary/aromatic N) is 4. The second-order valence-corrected chi connectivity index (χ2v) is 11.6. The van der Waals surface area contributed by atoms with E-state index in [9.17, 15) is 14.4 Å². The van der Waals surface area contributed by atoms with E-state index in [2.05, 4.69) is 41.4 Å². The highest BCUT2D eigenvalue weighted by Crippen LogP contribution is 2.35. The van der Waals surface area contributed by atoms with Crippen LogP contribution in [0.5, 0.6) is 11.5 Å². The highest BCUT2D eigenvalue weighted by Gasteiger charge is 2.22. The SMILES string of the molecule is CC(=O)N=C=O.Cc1ccc(-n2nc(C(C)(C)C)cc2NC(=O)Nc2ccc(Oc3ccnc(CC(N)=O)c3)c3ccccc23)cc1. The highest BCUT2D eigenvalue weighted by atomic mass is 16.5. The van der Waals surface area contributed by atoms with Crippen LogP contribution in [0.1, 0.15) is 44.6 Å². The van der Waals surface area contributed by atoms with Crippen LogP contribution in [0.25, 0.3) is 16.5 Å². The van der Waals surface area contributed by atoms with Crippen molar-refractivity contribution in [2.45, 2.75) is 46.5 Å². The Balaban J connectivity index is 0.000000762. The molecule has 12 heteroatoms. The summed E-state index contributed by atoms with van der Waals surface area (Å²) in [5.41, 5.74) is 9.09. The number of carbonyl (C=O) groups is 3. The van der Waals surface area contributed by atoms with Crippen LogP contribution in [0, 0.1) is 6.92 Å². The molecule has 0 saturated carbocycles. The minimum atomic E-state index is -0.509. The van der Waals surface area contributed by atoms with Crippen LogP contribution >= 0.6 is 0 Å². The van der Waals surface area contributed by atoms with Gasteiger partial charge in [-0.05, 0) is 37.3 Å². The predicted octanol–water partition coefficient (Wildman–Crippen LogP) is 6.36. The van der Waals surface area contributed by atoms with Gasteiger partial charge in [0.15, 0.2) is 0 Å². The number of rotatable bonds is 7. The van der Waals surface area contributed by atoms with Gasteiger partial charge < -0.3 is 15.8 Å². The number of isocyanates is 1. The molecule has 47 heavy (non-hydrogen) atoms. The second kappa shape index (κ2) is 14.8. The molecule has 4 amide bonds. The molecule has 0 bridgehead atoms. The van der Waals surface area contributed by atoms with Crippen LogP contribution in [-0.2, 0) is 26.2 Å². The van der Waals surface area contributed by atoms with Crippen LogP contribution < -0.4 is 21.1 Å². The van der Waals surface area contributed by atoms with Gasteiger partial charge in [0.2, 0.25) is 12.0 Å². The number of carbonyl (C=O) groups excluding carboxylic acids is 4. The van der Waals surface area contributed by atoms with E-state index in [4.69, 9.17) is 20.4 Å². The van der Waals surface area contributed by atoms with Crippen LogP contribution in [0.3, 0.4) is 0 Å². The molecule has 0 aliphatic heterocycles. The van der Waals surface area contributed by atoms with Gasteiger partial charge in [-0.15, -0.1) is 4.99 Å². The number of hydrogen-bond donors (Lipinski definition) is 3. The molecule has 12 nitrogen and oxygen atoms in total. The van der Waals surface area contributed by atoms with Crippen LogP contribution in [0.15, 0.2) is 90.1 Å². The number of aryl methyl sites for hydroxylation is 1. The van der Waals surface area contributed by atoms with Crippen molar-refractivity contribution in [1.29, 1.82) is 0 Å². The molecule has 5 aromatic rings. The Hall–Kier alpha value is -6.13. The predicted molar refractivity (Wildman–Crippen MR) is 180 cm³/mol. The number of anilines is 2. The lowest BCUT2D eigenvalue weighted by Crippen LogP contribution is -2.21. The zero-order valence-corrected chi connectivity index (χ0v) is 26.7. The molecule has 0 atom stereocenters. The summed E-state index contributed by atoms with van der Waals surface area (Å²) in [6, 6.07) is 24.1. The van der Waals surface area contributed by atoms with Crippen molar-refractivity contribution in [3.63, 3.8) is 0 Å². The lowest BCUT2D eigenvalue weighted by Gasteiger charge is -2.14. The van der Waals surface area contributed by atoms with Gasteiger partial charge >= 0.3 is 6.03 Å². The third-order valence-corrected chi connectivity index (χ3v) is 6.70. The fourth-order valence-electron chi connectivity index (χ4n) is 4.44. The van der Waals surface area contributed by atoms with E-state index < -0.39 is 17.8 Å². The number of aliphatic imine (C=N–C) groups is 1. The molecular weight excluding hydrogens is 598 g/mol. The standard InChI is InChI=1S/C32H32N6O3.C3H3NO2/c1-20-9-11-22(12-10-20)38-30(19-28(37-38)32(2,3)4)36-31(40)35-26-13-14-27(25-8-6-5-7-24(25)26)41-23-15-16-34-21(17-23)18-29(33)39;1-3(6)4-2-5/h5-17,19H,18H2,1-4H3,(H2,33,39)(H2,35,36,40);1H3. The van der Waals surface area contributed by atoms with E-state index in [1.807, 2.05) is 61.5 Å². The fourth-order valence-corrected chi connectivity index (χ4v) is 4.44. The molecule has 0 unspecified atom stereocenters. The molecule has 0 fully saturated rings. The van der Waals surface area contributed by atoms with Crippen LogP contribution in [0.4, 0.5) is 16.3 Å². The first-order valence-corrected chi connectivity index (χ1v) is 14.6. The third kappa shape index (κ3) is 9.19. The van der Waals surface area contributed by atoms with Crippen molar-refractivity contribution in [2.24, 2.45) is 10.7 Å². The Morgan fingerprint density at radius 2 is 1.66 bits per heavy atom. The van der Waals surface area contributed by atoms with Crippen LogP contribution in [0.2, 0.25) is 0 Å². The minimum absolute atomic E-state index is 0.0238. The molecule has 0 saturated heterocycles. The summed E-state index contributed by atoms with van der Waals surface area (Å²) >= 11 is 0. The van der Waals surface area contributed by atoms with Gasteiger partial charge in [0, 0.05) is 41.4 Å². The molecule has 0 aliphatic rings. The second-order valence-electron chi connectivity index (χ2n) is 11.6. The maximum atomic E-state index is 13.3. The Kier molecular flexibility index (Phi) is 10.6. The number of amides is 4. The van der Waals surface area contributed by atoms with Crippen LogP contribution in [-0.4, -0.2) is 38.7 Å². The molecule has 4 N–H and O–H groups in total. The zero-order chi connectivity index (χ0) is 34.1. The fraction of sp³-hybridized carbons (Fsp3) is 0.200. The molecular formula is C35H35N7O5. The lowest BCUT2D eigenvalue weighted by molar-refractivity contribution is -0.117. The molecule has 2 heterocycles. The number of primary amides is 1. The normalized spacial score (nSPS) is 10.7. The maximum Gasteiger partial charge on any atom is 0.324 e. The Morgan fingerprint density at radius 1 is 0.957 bits per heavy atom. The number of nitrogens with two attached hydrogens (primary N) is 1. The molecule has 240 valence electrons. The van der Waals surface area contributed by atoms with Gasteiger partial charge in [-0.3, -0.25) is 19.9 Å². The van der Waals surface area contributed by atoms with Gasteiger partial charge in [-0.2, -0.15) is 5.10 Å². The largest absolute Gasteiger partial charge is 0.457 e. The van der Waals surface area contributed by atoms with Crippen molar-refractivity contribution in [2.75, 3.05) is 10.6 Å². The van der Waals surface area contributed by atoms with Crippen molar-refractivity contribution >= 4 is 46.2 Å². The lowest BCUT2D eigenvalue weighted by atomic mass is 9.92. The first kappa shape index (κ1) is 33.8. The van der Waals surface area contributed by atoms with Gasteiger partial charge in [0.05, 0.1) is 29.2 Å². The molecule has 5 rings (SSSR count). The van der Waals surface area contributed by atoms with Crippen molar-refractivity contribution < 1.29 is 23.9 Å². The van der Waals surface area contributed by atoms with Gasteiger partial charge in [-0.25, -0.2) is 14.3 Å². The Bertz CT molecular complexity index is 1970. The summed E-state index contributed by atoms with van der Waals surface area (Å²) in [7, 11) is 0. The maximum absolute atomic E-state index is 13.3. The summed E-state index contributed by atoms with van der Waals surface area (Å²) in [6.07, 6.45) is 2.69. The molecule has 3 aromatic carbocycles. The number of pyridine rings is 1. The minimum Gasteiger partial charge on any atom is -0.457 e. The van der Waals surface area contributed by atoms with E-state index in [0.29, 0.717) is 28.7 Å². The summed E-state index contributed by atoms with van der Waals surface area (Å²) in [5.74, 6) is 0.703. The number of urea groups is 1. The van der Waals surface area contributed by atoms with E-state index in [-0.39, 0.29) is 11.8 Å². The monoisotopic (exact) mass is 633 g/mol. The van der Waals surface area contributed by atoms with Crippen molar-refractivity contribution in [1.82, 2.24) is 14.8 Å². The average Bonchev–Trinajstić information content (AvgIpc) is 3.43. The first-order valence-electron chi connectivity index (χ1n) is 14.6. The smallest absolute Gasteiger partial charge is 0.324 e. The topological polar surface area (TPSA) is 171 Å². The number of aromatic nitrogens is 3. The Morgan fingerprint density at radius 3 is 2.28 bits per heavy atom. The van der Waals surface area contributed by atoms with E-state index in [1.165, 1.54) is 6.92 Å². The van der Waals surface area contributed by atoms with Gasteiger partial charge in [-0.1, -0.05) is 62.7 Å². The molecule has 2 aromatic heterocycles. The number of hydrogen-bond acceptors (Lipinski definition) is 7. The van der Waals surface area contributed by atoms with E-state index in [0.717, 1.165) is 33.8 Å². The number of ether oxygens (including phenoxy) is 1. The molecule has 0 spiro atoms. The summed E-state index contributed by atoms with van der Waals surface area (Å²) in [6.45, 7) is 9.46.